The van der Waals surface area contributed by atoms with Crippen LogP contribution >= 0.6 is 0 Å². The van der Waals surface area contributed by atoms with Crippen LogP contribution in [0.2, 0.25) is 0 Å². The highest BCUT2D eigenvalue weighted by Gasteiger charge is 2.34. The van der Waals surface area contributed by atoms with Gasteiger partial charge in [-0.2, -0.15) is 0 Å². The van der Waals surface area contributed by atoms with Gasteiger partial charge in [-0.25, -0.2) is 4.68 Å². The van der Waals surface area contributed by atoms with E-state index in [0.29, 0.717) is 37.3 Å². The van der Waals surface area contributed by atoms with Gasteiger partial charge in [0.2, 0.25) is 11.8 Å². The van der Waals surface area contributed by atoms with Crippen LogP contribution in [0.5, 0.6) is 5.75 Å². The minimum Gasteiger partial charge on any atom is -0.508 e. The normalized spacial score (nSPS) is 12.5. The molecule has 188 valence electrons. The summed E-state index contributed by atoms with van der Waals surface area (Å²) in [5.74, 6) is -0.458. The van der Waals surface area contributed by atoms with E-state index in [-0.39, 0.29) is 24.1 Å². The molecule has 2 aromatic carbocycles. The van der Waals surface area contributed by atoms with Crippen LogP contribution in [0.15, 0.2) is 48.5 Å². The first kappa shape index (κ1) is 26.2. The third kappa shape index (κ3) is 6.79. The highest BCUT2D eigenvalue weighted by molar-refractivity contribution is 5.89. The van der Waals surface area contributed by atoms with Crippen molar-refractivity contribution in [2.24, 2.45) is 0 Å². The number of para-hydroxylation sites is 1. The van der Waals surface area contributed by atoms with Crippen molar-refractivity contribution < 1.29 is 19.4 Å². The first-order chi connectivity index (χ1) is 16.8. The Morgan fingerprint density at radius 3 is 2.54 bits per heavy atom. The summed E-state index contributed by atoms with van der Waals surface area (Å²) in [5, 5.41) is 21.2. The monoisotopic (exact) mass is 481 g/mol. The number of nitrogens with zero attached hydrogens (tertiary/aromatic N) is 4. The fraction of sp³-hybridized carbons (Fsp3) is 0.462. The Morgan fingerprint density at radius 1 is 1.14 bits per heavy atom. The van der Waals surface area contributed by atoms with Crippen LogP contribution in [0.1, 0.15) is 52.1 Å². The summed E-state index contributed by atoms with van der Waals surface area (Å²) in [6, 6.07) is 12.9. The quantitative estimate of drug-likeness (QED) is 0.384. The lowest BCUT2D eigenvalue weighted by molar-refractivity contribution is -0.142. The molecule has 9 heteroatoms. The predicted molar refractivity (Wildman–Crippen MR) is 134 cm³/mol. The Bertz CT molecular complexity index is 1130. The number of benzene rings is 2. The number of rotatable bonds is 12. The molecule has 0 radical (unpaired) electrons. The molecule has 9 nitrogen and oxygen atoms in total. The largest absolute Gasteiger partial charge is 0.508 e. The van der Waals surface area contributed by atoms with Crippen molar-refractivity contribution in [2.45, 2.75) is 58.7 Å². The van der Waals surface area contributed by atoms with Crippen LogP contribution in [0, 0.1) is 0 Å². The van der Waals surface area contributed by atoms with Gasteiger partial charge in [-0.05, 0) is 63.4 Å². The number of aromatic hydroxyl groups is 1. The Hall–Kier alpha value is -3.46. The average molecular weight is 482 g/mol. The standard InChI is InChI=1S/C26H35N5O4/c1-5-26(3,4)27-25(34)24(19-12-14-20(32)15-13-19)30(16-9-17-35-6-2)23(33)18-31-22-11-8-7-10-21(22)28-29-31/h7-8,10-15,24,32H,5-6,9,16-18H2,1-4H3,(H,27,34)/t24-/m0/s1. The summed E-state index contributed by atoms with van der Waals surface area (Å²) < 4.78 is 7.04. The zero-order valence-electron chi connectivity index (χ0n) is 20.9. The van der Waals surface area contributed by atoms with Gasteiger partial charge in [0, 0.05) is 25.3 Å². The molecular formula is C26H35N5O4. The molecule has 0 unspecified atom stereocenters. The maximum absolute atomic E-state index is 13.7. The number of carbonyl (C=O) groups excluding carboxylic acids is 2. The van der Waals surface area contributed by atoms with Gasteiger partial charge < -0.3 is 20.1 Å². The molecule has 0 saturated heterocycles. The number of hydrogen-bond donors (Lipinski definition) is 2. The van der Waals surface area contributed by atoms with Gasteiger partial charge in [-0.1, -0.05) is 36.4 Å². The molecule has 1 heterocycles. The van der Waals surface area contributed by atoms with Crippen LogP contribution in [0.3, 0.4) is 0 Å². The number of phenols is 1. The van der Waals surface area contributed by atoms with E-state index >= 15 is 0 Å². The Balaban J connectivity index is 1.96. The van der Waals surface area contributed by atoms with Gasteiger partial charge in [0.15, 0.2) is 0 Å². The van der Waals surface area contributed by atoms with Gasteiger partial charge in [0.25, 0.3) is 0 Å². The third-order valence-corrected chi connectivity index (χ3v) is 6.03. The molecule has 2 amide bonds. The molecule has 0 fully saturated rings. The lowest BCUT2D eigenvalue weighted by atomic mass is 9.98. The number of ether oxygens (including phenoxy) is 1. The summed E-state index contributed by atoms with van der Waals surface area (Å²) >= 11 is 0. The molecular weight excluding hydrogens is 446 g/mol. The van der Waals surface area contributed by atoms with Crippen LogP contribution in [0.4, 0.5) is 0 Å². The van der Waals surface area contributed by atoms with Crippen molar-refractivity contribution in [3.8, 4) is 5.75 Å². The van der Waals surface area contributed by atoms with E-state index in [1.165, 1.54) is 12.1 Å². The van der Waals surface area contributed by atoms with Gasteiger partial charge in [-0.3, -0.25) is 9.59 Å². The molecule has 3 aromatic rings. The molecule has 0 saturated carbocycles. The van der Waals surface area contributed by atoms with Gasteiger partial charge in [0.05, 0.1) is 5.52 Å². The second kappa shape index (κ2) is 11.8. The Morgan fingerprint density at radius 2 is 1.86 bits per heavy atom. The molecule has 2 N–H and O–H groups in total. The fourth-order valence-corrected chi connectivity index (χ4v) is 3.75. The number of phenolic OH excluding ortho intramolecular Hbond substituents is 1. The highest BCUT2D eigenvalue weighted by atomic mass is 16.5. The molecule has 0 spiro atoms. The minimum absolute atomic E-state index is 0.0613. The third-order valence-electron chi connectivity index (χ3n) is 6.03. The van der Waals surface area contributed by atoms with Crippen molar-refractivity contribution >= 4 is 22.8 Å². The van der Waals surface area contributed by atoms with E-state index in [1.807, 2.05) is 52.0 Å². The van der Waals surface area contributed by atoms with Gasteiger partial charge >= 0.3 is 0 Å². The lowest BCUT2D eigenvalue weighted by Crippen LogP contribution is -2.51. The van der Waals surface area contributed by atoms with E-state index in [4.69, 9.17) is 4.74 Å². The number of nitrogens with one attached hydrogen (secondary N) is 1. The Kier molecular flexibility index (Phi) is 8.81. The molecule has 1 aromatic heterocycles. The van der Waals surface area contributed by atoms with Crippen LogP contribution < -0.4 is 5.32 Å². The molecule has 3 rings (SSSR count). The van der Waals surface area contributed by atoms with Crippen molar-refractivity contribution in [1.82, 2.24) is 25.2 Å². The maximum atomic E-state index is 13.7. The zero-order chi connectivity index (χ0) is 25.4. The Labute approximate surface area is 206 Å². The summed E-state index contributed by atoms with van der Waals surface area (Å²) in [7, 11) is 0. The second-order valence-electron chi connectivity index (χ2n) is 9.09. The van der Waals surface area contributed by atoms with E-state index < -0.39 is 11.6 Å². The van der Waals surface area contributed by atoms with Crippen LogP contribution in [0.25, 0.3) is 11.0 Å². The highest BCUT2D eigenvalue weighted by Crippen LogP contribution is 2.26. The van der Waals surface area contributed by atoms with Gasteiger partial charge in [-0.15, -0.1) is 5.10 Å². The van der Waals surface area contributed by atoms with Crippen LogP contribution in [-0.4, -0.2) is 62.1 Å². The van der Waals surface area contributed by atoms with Crippen LogP contribution in [-0.2, 0) is 20.9 Å². The molecule has 0 aliphatic carbocycles. The minimum atomic E-state index is -0.884. The number of aromatic nitrogens is 3. The SMILES string of the molecule is CCOCCCN(C(=O)Cn1nnc2ccccc21)[C@H](C(=O)NC(C)(C)CC)c1ccc(O)cc1. The first-order valence-corrected chi connectivity index (χ1v) is 12.0. The summed E-state index contributed by atoms with van der Waals surface area (Å²) in [4.78, 5) is 28.9. The number of hydrogen-bond acceptors (Lipinski definition) is 6. The maximum Gasteiger partial charge on any atom is 0.247 e. The smallest absolute Gasteiger partial charge is 0.247 e. The van der Waals surface area contributed by atoms with Gasteiger partial charge in [0.1, 0.15) is 23.9 Å². The average Bonchev–Trinajstić information content (AvgIpc) is 3.24. The molecule has 0 aliphatic rings. The topological polar surface area (TPSA) is 110 Å². The van der Waals surface area contributed by atoms with E-state index in [2.05, 4.69) is 15.6 Å². The van der Waals surface area contributed by atoms with E-state index in [9.17, 15) is 14.7 Å². The zero-order valence-corrected chi connectivity index (χ0v) is 20.9. The van der Waals surface area contributed by atoms with Crippen molar-refractivity contribution in [3.05, 3.63) is 54.1 Å². The molecule has 1 atom stereocenters. The molecule has 0 aliphatic heterocycles. The summed E-state index contributed by atoms with van der Waals surface area (Å²) in [6.45, 7) is 9.10. The van der Waals surface area contributed by atoms with E-state index in [1.54, 1.807) is 21.7 Å². The van der Waals surface area contributed by atoms with Crippen molar-refractivity contribution in [1.29, 1.82) is 0 Å². The number of amides is 2. The number of fused-ring (bicyclic) bond motifs is 1. The molecule has 35 heavy (non-hydrogen) atoms. The first-order valence-electron chi connectivity index (χ1n) is 12.0. The van der Waals surface area contributed by atoms with E-state index in [0.717, 1.165) is 11.9 Å². The van der Waals surface area contributed by atoms with Crippen molar-refractivity contribution in [2.75, 3.05) is 19.8 Å². The summed E-state index contributed by atoms with van der Waals surface area (Å²) in [5.41, 5.74) is 1.60. The number of carbonyl (C=O) groups is 2. The lowest BCUT2D eigenvalue weighted by Gasteiger charge is -2.34. The summed E-state index contributed by atoms with van der Waals surface area (Å²) in [6.07, 6.45) is 1.29. The fourth-order valence-electron chi connectivity index (χ4n) is 3.75. The molecule has 0 bridgehead atoms. The second-order valence-corrected chi connectivity index (χ2v) is 9.09. The predicted octanol–water partition coefficient (Wildman–Crippen LogP) is 3.44. The van der Waals surface area contributed by atoms with Crippen molar-refractivity contribution in [3.63, 3.8) is 0 Å².